The molecule has 0 N–H and O–H groups in total. The Hall–Kier alpha value is -3.03. The van der Waals surface area contributed by atoms with Crippen LogP contribution in [-0.4, -0.2) is 34.0 Å². The Bertz CT molecular complexity index is 1290. The number of hydrogen-bond acceptors (Lipinski definition) is 4. The molecule has 1 atom stereocenters. The average molecular weight is 485 g/mol. The van der Waals surface area contributed by atoms with Crippen LogP contribution in [0.4, 0.5) is 11.4 Å². The molecular formula is C25H25ClN2O4S. The first-order chi connectivity index (χ1) is 15.7. The molecule has 3 aromatic rings. The van der Waals surface area contributed by atoms with Crippen LogP contribution in [-0.2, 0) is 21.2 Å². The summed E-state index contributed by atoms with van der Waals surface area (Å²) in [6.45, 7) is 3.44. The lowest BCUT2D eigenvalue weighted by molar-refractivity contribution is -0.117. The molecule has 4 rings (SSSR count). The van der Waals surface area contributed by atoms with E-state index in [2.05, 4.69) is 0 Å². The Morgan fingerprint density at radius 3 is 2.52 bits per heavy atom. The highest BCUT2D eigenvalue weighted by atomic mass is 35.5. The van der Waals surface area contributed by atoms with Crippen LogP contribution < -0.4 is 13.9 Å². The number of hydrogen-bond donors (Lipinski definition) is 0. The van der Waals surface area contributed by atoms with Gasteiger partial charge in [0, 0.05) is 16.8 Å². The molecule has 0 spiro atoms. The number of halogens is 1. The van der Waals surface area contributed by atoms with Gasteiger partial charge in [-0.25, -0.2) is 8.42 Å². The maximum atomic E-state index is 13.8. The van der Waals surface area contributed by atoms with Crippen LogP contribution in [0, 0.1) is 6.92 Å². The minimum absolute atomic E-state index is 0.0813. The summed E-state index contributed by atoms with van der Waals surface area (Å²) in [5, 5.41) is 0.335. The highest BCUT2D eigenvalue weighted by Crippen LogP contribution is 2.36. The first-order valence-electron chi connectivity index (χ1n) is 10.6. The van der Waals surface area contributed by atoms with Crippen LogP contribution >= 0.6 is 11.6 Å². The lowest BCUT2D eigenvalue weighted by atomic mass is 10.1. The van der Waals surface area contributed by atoms with Crippen molar-refractivity contribution in [3.05, 3.63) is 82.9 Å². The van der Waals surface area contributed by atoms with Gasteiger partial charge in [0.05, 0.1) is 17.7 Å². The molecule has 1 unspecified atom stereocenters. The number of nitrogens with zero attached hydrogens (tertiary/aromatic N) is 2. The maximum absolute atomic E-state index is 13.8. The summed E-state index contributed by atoms with van der Waals surface area (Å²) < 4.78 is 34.0. The van der Waals surface area contributed by atoms with Gasteiger partial charge in [-0.2, -0.15) is 0 Å². The zero-order chi connectivity index (χ0) is 23.8. The second kappa shape index (κ2) is 9.08. The van der Waals surface area contributed by atoms with Gasteiger partial charge < -0.3 is 9.64 Å². The summed E-state index contributed by atoms with van der Waals surface area (Å²) in [6, 6.07) is 18.8. The number of methoxy groups -OCH3 is 1. The van der Waals surface area contributed by atoms with Crippen molar-refractivity contribution >= 4 is 38.9 Å². The van der Waals surface area contributed by atoms with E-state index < -0.39 is 16.6 Å². The molecule has 0 saturated carbocycles. The largest absolute Gasteiger partial charge is 0.495 e. The molecule has 0 fully saturated rings. The third-order valence-corrected chi connectivity index (χ3v) is 7.78. The number of carbonyl (C=O) groups is 1. The van der Waals surface area contributed by atoms with Gasteiger partial charge in [0.1, 0.15) is 12.3 Å². The summed E-state index contributed by atoms with van der Waals surface area (Å²) in [5.41, 5.74) is 3.01. The number of para-hydroxylation sites is 1. The van der Waals surface area contributed by atoms with Crippen molar-refractivity contribution in [2.75, 3.05) is 22.9 Å². The van der Waals surface area contributed by atoms with Crippen molar-refractivity contribution < 1.29 is 17.9 Å². The van der Waals surface area contributed by atoms with E-state index in [-0.39, 0.29) is 22.5 Å². The molecule has 3 aromatic carbocycles. The van der Waals surface area contributed by atoms with Crippen LogP contribution in [0.5, 0.6) is 5.75 Å². The molecule has 172 valence electrons. The fourth-order valence-corrected chi connectivity index (χ4v) is 5.72. The van der Waals surface area contributed by atoms with E-state index in [0.29, 0.717) is 17.2 Å². The lowest BCUT2D eigenvalue weighted by Crippen LogP contribution is -2.45. The third-order valence-electron chi connectivity index (χ3n) is 5.77. The second-order valence-electron chi connectivity index (χ2n) is 8.09. The molecule has 1 amide bonds. The molecule has 0 bridgehead atoms. The van der Waals surface area contributed by atoms with E-state index in [9.17, 15) is 13.2 Å². The highest BCUT2D eigenvalue weighted by Gasteiger charge is 2.35. The minimum atomic E-state index is -4.09. The predicted molar refractivity (Wildman–Crippen MR) is 131 cm³/mol. The van der Waals surface area contributed by atoms with Crippen molar-refractivity contribution in [2.45, 2.75) is 31.2 Å². The topological polar surface area (TPSA) is 66.9 Å². The number of rotatable bonds is 6. The number of anilines is 2. The van der Waals surface area contributed by atoms with Gasteiger partial charge >= 0.3 is 0 Å². The van der Waals surface area contributed by atoms with Crippen molar-refractivity contribution in [3.8, 4) is 5.75 Å². The SMILES string of the molecule is COc1ccc(Cl)cc1N(CC(=O)N1c2ccccc2CC1C)S(=O)(=O)c1ccc(C)cc1. The molecule has 1 aliphatic rings. The van der Waals surface area contributed by atoms with Crippen LogP contribution in [0.3, 0.4) is 0 Å². The maximum Gasteiger partial charge on any atom is 0.264 e. The molecular weight excluding hydrogens is 460 g/mol. The number of sulfonamides is 1. The Balaban J connectivity index is 1.79. The van der Waals surface area contributed by atoms with Gasteiger partial charge in [-0.05, 0) is 62.2 Å². The van der Waals surface area contributed by atoms with Gasteiger partial charge in [-0.15, -0.1) is 0 Å². The van der Waals surface area contributed by atoms with Gasteiger partial charge in [0.25, 0.3) is 10.0 Å². The molecule has 1 heterocycles. The van der Waals surface area contributed by atoms with Gasteiger partial charge in [-0.1, -0.05) is 47.5 Å². The van der Waals surface area contributed by atoms with Crippen molar-refractivity contribution in [2.24, 2.45) is 0 Å². The molecule has 1 aliphatic heterocycles. The second-order valence-corrected chi connectivity index (χ2v) is 10.4. The molecule has 8 heteroatoms. The highest BCUT2D eigenvalue weighted by molar-refractivity contribution is 7.92. The number of ether oxygens (including phenoxy) is 1. The number of aryl methyl sites for hydroxylation is 1. The number of amides is 1. The van der Waals surface area contributed by atoms with E-state index in [1.165, 1.54) is 25.3 Å². The average Bonchev–Trinajstić information content (AvgIpc) is 3.13. The van der Waals surface area contributed by atoms with Gasteiger partial charge in [-0.3, -0.25) is 9.10 Å². The van der Waals surface area contributed by atoms with Gasteiger partial charge in [0.15, 0.2) is 0 Å². The lowest BCUT2D eigenvalue weighted by Gasteiger charge is -2.29. The van der Waals surface area contributed by atoms with Crippen molar-refractivity contribution in [1.82, 2.24) is 0 Å². The van der Waals surface area contributed by atoms with E-state index in [1.54, 1.807) is 29.2 Å². The summed E-state index contributed by atoms with van der Waals surface area (Å²) in [5.74, 6) is -0.0251. The number of fused-ring (bicyclic) bond motifs is 1. The fourth-order valence-electron chi connectivity index (χ4n) is 4.14. The Labute approximate surface area is 199 Å². The van der Waals surface area contributed by atoms with E-state index in [1.807, 2.05) is 38.1 Å². The van der Waals surface area contributed by atoms with Crippen molar-refractivity contribution in [3.63, 3.8) is 0 Å². The molecule has 0 saturated heterocycles. The normalized spacial score (nSPS) is 15.3. The molecule has 6 nitrogen and oxygen atoms in total. The van der Waals surface area contributed by atoms with E-state index in [4.69, 9.17) is 16.3 Å². The Kier molecular flexibility index (Phi) is 6.36. The molecule has 0 radical (unpaired) electrons. The molecule has 0 aromatic heterocycles. The first kappa shape index (κ1) is 23.1. The van der Waals surface area contributed by atoms with Crippen LogP contribution in [0.25, 0.3) is 0 Å². The Morgan fingerprint density at radius 2 is 1.82 bits per heavy atom. The summed E-state index contributed by atoms with van der Waals surface area (Å²) >= 11 is 6.22. The monoisotopic (exact) mass is 484 g/mol. The van der Waals surface area contributed by atoms with Gasteiger partial charge in [0.2, 0.25) is 5.91 Å². The quantitative estimate of drug-likeness (QED) is 0.502. The predicted octanol–water partition coefficient (Wildman–Crippen LogP) is 4.83. The van der Waals surface area contributed by atoms with E-state index in [0.717, 1.165) is 21.1 Å². The first-order valence-corrected chi connectivity index (χ1v) is 12.4. The van der Waals surface area contributed by atoms with Crippen LogP contribution in [0.1, 0.15) is 18.1 Å². The minimum Gasteiger partial charge on any atom is -0.495 e. The smallest absolute Gasteiger partial charge is 0.264 e. The van der Waals surface area contributed by atoms with Crippen molar-refractivity contribution in [1.29, 1.82) is 0 Å². The van der Waals surface area contributed by atoms with E-state index >= 15 is 0 Å². The summed E-state index contributed by atoms with van der Waals surface area (Å²) in [6.07, 6.45) is 0.715. The summed E-state index contributed by atoms with van der Waals surface area (Å²) in [7, 11) is -2.64. The van der Waals surface area contributed by atoms with Crippen LogP contribution in [0.2, 0.25) is 5.02 Å². The number of carbonyl (C=O) groups excluding carboxylic acids is 1. The zero-order valence-corrected chi connectivity index (χ0v) is 20.2. The molecule has 33 heavy (non-hydrogen) atoms. The molecule has 0 aliphatic carbocycles. The number of benzene rings is 3. The summed E-state index contributed by atoms with van der Waals surface area (Å²) in [4.78, 5) is 15.3. The Morgan fingerprint density at radius 1 is 1.12 bits per heavy atom. The van der Waals surface area contributed by atoms with Crippen LogP contribution in [0.15, 0.2) is 71.6 Å². The fraction of sp³-hybridized carbons (Fsp3) is 0.240. The standard InChI is InChI=1S/C25H25ClN2O4S/c1-17-8-11-21(12-9-17)33(30,31)27(23-15-20(26)10-13-24(23)32-3)16-25(29)28-18(2)14-19-6-4-5-7-22(19)28/h4-13,15,18H,14,16H2,1-3H3. The zero-order valence-electron chi connectivity index (χ0n) is 18.7. The third kappa shape index (κ3) is 4.43.